The van der Waals surface area contributed by atoms with E-state index in [4.69, 9.17) is 0 Å². The molecule has 0 heterocycles. The van der Waals surface area contributed by atoms with Crippen LogP contribution in [-0.4, -0.2) is 16.0 Å². The van der Waals surface area contributed by atoms with Crippen molar-refractivity contribution in [3.05, 3.63) is 63.9 Å². The number of rotatable bonds is 3. The van der Waals surface area contributed by atoms with E-state index in [1.807, 2.05) is 0 Å². The average Bonchev–Trinajstić information content (AvgIpc) is 2.43. The van der Waals surface area contributed by atoms with Crippen molar-refractivity contribution in [1.82, 2.24) is 0 Å². The SMILES string of the molecule is O=C(/C(Br)=C/c1ccccc1F)c1cc(O)ccc1O. The number of phenolic OH excluding ortho intramolecular Hbond substituents is 2. The topological polar surface area (TPSA) is 57.5 Å². The molecule has 2 aromatic rings. The van der Waals surface area contributed by atoms with Crippen LogP contribution >= 0.6 is 15.9 Å². The molecule has 0 fully saturated rings. The van der Waals surface area contributed by atoms with Crippen molar-refractivity contribution < 1.29 is 19.4 Å². The lowest BCUT2D eigenvalue weighted by molar-refractivity contribution is 0.104. The second-order valence-electron chi connectivity index (χ2n) is 4.04. The second-order valence-corrected chi connectivity index (χ2v) is 4.90. The molecule has 0 radical (unpaired) electrons. The summed E-state index contributed by atoms with van der Waals surface area (Å²) in [5.74, 6) is -1.41. The van der Waals surface area contributed by atoms with Crippen molar-refractivity contribution >= 4 is 27.8 Å². The third-order valence-electron chi connectivity index (χ3n) is 2.63. The third-order valence-corrected chi connectivity index (χ3v) is 3.22. The van der Waals surface area contributed by atoms with E-state index >= 15 is 0 Å². The van der Waals surface area contributed by atoms with Gasteiger partial charge in [0.05, 0.1) is 10.0 Å². The zero-order chi connectivity index (χ0) is 14.7. The van der Waals surface area contributed by atoms with E-state index in [2.05, 4.69) is 15.9 Å². The normalized spacial score (nSPS) is 11.4. The number of carbonyl (C=O) groups excluding carboxylic acids is 1. The van der Waals surface area contributed by atoms with Crippen LogP contribution in [0.2, 0.25) is 0 Å². The lowest BCUT2D eigenvalue weighted by Gasteiger charge is -2.04. The number of carbonyl (C=O) groups is 1. The maximum Gasteiger partial charge on any atom is 0.203 e. The number of Topliss-reactive ketones (excluding diaryl/α,β-unsaturated/α-hetero) is 1. The molecule has 0 aromatic heterocycles. The number of hydrogen-bond donors (Lipinski definition) is 2. The number of halogens is 2. The Morgan fingerprint density at radius 1 is 1.15 bits per heavy atom. The summed E-state index contributed by atoms with van der Waals surface area (Å²) in [6.45, 7) is 0. The van der Waals surface area contributed by atoms with Gasteiger partial charge in [0, 0.05) is 5.56 Å². The first-order chi connectivity index (χ1) is 9.49. The monoisotopic (exact) mass is 336 g/mol. The fraction of sp³-hybridized carbons (Fsp3) is 0. The number of hydrogen-bond acceptors (Lipinski definition) is 3. The lowest BCUT2D eigenvalue weighted by Crippen LogP contribution is -1.99. The molecule has 0 aliphatic heterocycles. The van der Waals surface area contributed by atoms with Gasteiger partial charge in [-0.3, -0.25) is 4.79 Å². The van der Waals surface area contributed by atoms with Crippen LogP contribution < -0.4 is 0 Å². The molecule has 0 aliphatic rings. The van der Waals surface area contributed by atoms with E-state index in [9.17, 15) is 19.4 Å². The van der Waals surface area contributed by atoms with Crippen molar-refractivity contribution in [1.29, 1.82) is 0 Å². The predicted molar refractivity (Wildman–Crippen MR) is 77.4 cm³/mol. The molecule has 0 unspecified atom stereocenters. The smallest absolute Gasteiger partial charge is 0.203 e. The van der Waals surface area contributed by atoms with Crippen molar-refractivity contribution in [2.24, 2.45) is 0 Å². The Balaban J connectivity index is 2.38. The first-order valence-corrected chi connectivity index (χ1v) is 6.47. The summed E-state index contributed by atoms with van der Waals surface area (Å²) in [5.41, 5.74) is 0.178. The highest BCUT2D eigenvalue weighted by Gasteiger charge is 2.15. The van der Waals surface area contributed by atoms with Gasteiger partial charge < -0.3 is 10.2 Å². The fourth-order valence-electron chi connectivity index (χ4n) is 1.63. The lowest BCUT2D eigenvalue weighted by atomic mass is 10.1. The molecule has 3 nitrogen and oxygen atoms in total. The van der Waals surface area contributed by atoms with Crippen LogP contribution in [0.4, 0.5) is 4.39 Å². The molecular formula is C15H10BrFO3. The Morgan fingerprint density at radius 2 is 1.85 bits per heavy atom. The Kier molecular flexibility index (Phi) is 4.20. The minimum Gasteiger partial charge on any atom is -0.508 e. The minimum absolute atomic E-state index is 0.0653. The molecule has 2 aromatic carbocycles. The Hall–Kier alpha value is -2.14. The molecule has 2 rings (SSSR count). The molecule has 102 valence electrons. The van der Waals surface area contributed by atoms with E-state index < -0.39 is 11.6 Å². The van der Waals surface area contributed by atoms with Gasteiger partial charge in [-0.15, -0.1) is 0 Å². The molecule has 0 spiro atoms. The Bertz CT molecular complexity index is 695. The number of phenols is 2. The summed E-state index contributed by atoms with van der Waals surface area (Å²) >= 11 is 3.06. The third kappa shape index (κ3) is 3.05. The van der Waals surface area contributed by atoms with Crippen molar-refractivity contribution in [2.75, 3.05) is 0 Å². The predicted octanol–water partition coefficient (Wildman–Crippen LogP) is 3.86. The Morgan fingerprint density at radius 3 is 2.55 bits per heavy atom. The van der Waals surface area contributed by atoms with Crippen LogP contribution in [0.3, 0.4) is 0 Å². The van der Waals surface area contributed by atoms with Gasteiger partial charge in [0.25, 0.3) is 0 Å². The van der Waals surface area contributed by atoms with E-state index in [0.717, 1.165) is 6.07 Å². The zero-order valence-electron chi connectivity index (χ0n) is 10.2. The quantitative estimate of drug-likeness (QED) is 0.508. The van der Waals surface area contributed by atoms with Gasteiger partial charge in [-0.1, -0.05) is 18.2 Å². The molecule has 5 heteroatoms. The maximum absolute atomic E-state index is 13.5. The van der Waals surface area contributed by atoms with Gasteiger partial charge in [0.2, 0.25) is 5.78 Å². The van der Waals surface area contributed by atoms with Crippen LogP contribution in [0, 0.1) is 5.82 Å². The molecule has 0 bridgehead atoms. The van der Waals surface area contributed by atoms with Crippen LogP contribution in [0.15, 0.2) is 46.9 Å². The minimum atomic E-state index is -0.554. The fourth-order valence-corrected chi connectivity index (χ4v) is 2.09. The van der Waals surface area contributed by atoms with E-state index in [0.29, 0.717) is 0 Å². The van der Waals surface area contributed by atoms with Crippen LogP contribution in [0.25, 0.3) is 6.08 Å². The zero-order valence-corrected chi connectivity index (χ0v) is 11.8. The standard InChI is InChI=1S/C15H10BrFO3/c16-12(7-9-3-1-2-4-13(9)17)15(20)11-8-10(18)5-6-14(11)19/h1-8,18-19H/b12-7-. The van der Waals surface area contributed by atoms with E-state index in [-0.39, 0.29) is 27.1 Å². The first kappa shape index (κ1) is 14.3. The van der Waals surface area contributed by atoms with Gasteiger partial charge in [0.15, 0.2) is 0 Å². The molecule has 0 amide bonds. The van der Waals surface area contributed by atoms with E-state index in [1.165, 1.54) is 30.3 Å². The molecule has 2 N–H and O–H groups in total. The highest BCUT2D eigenvalue weighted by molar-refractivity contribution is 9.12. The molecule has 0 saturated carbocycles. The van der Waals surface area contributed by atoms with Gasteiger partial charge in [0.1, 0.15) is 17.3 Å². The van der Waals surface area contributed by atoms with Crippen LogP contribution in [-0.2, 0) is 0 Å². The van der Waals surface area contributed by atoms with Gasteiger partial charge in [-0.25, -0.2) is 4.39 Å². The van der Waals surface area contributed by atoms with Gasteiger partial charge in [-0.2, -0.15) is 0 Å². The molecule has 0 atom stereocenters. The highest BCUT2D eigenvalue weighted by Crippen LogP contribution is 2.27. The summed E-state index contributed by atoms with van der Waals surface area (Å²) in [4.78, 5) is 12.1. The summed E-state index contributed by atoms with van der Waals surface area (Å²) < 4.78 is 13.6. The van der Waals surface area contributed by atoms with Crippen LogP contribution in [0.5, 0.6) is 11.5 Å². The summed E-state index contributed by atoms with van der Waals surface area (Å²) in [5, 5.41) is 19.0. The van der Waals surface area contributed by atoms with Crippen molar-refractivity contribution in [3.63, 3.8) is 0 Å². The number of aromatic hydroxyl groups is 2. The molecule has 0 aliphatic carbocycles. The summed E-state index contributed by atoms with van der Waals surface area (Å²) in [7, 11) is 0. The largest absolute Gasteiger partial charge is 0.508 e. The summed E-state index contributed by atoms with van der Waals surface area (Å²) in [6, 6.07) is 9.62. The van der Waals surface area contributed by atoms with Gasteiger partial charge in [-0.05, 0) is 46.3 Å². The first-order valence-electron chi connectivity index (χ1n) is 5.67. The number of allylic oxidation sites excluding steroid dienone is 1. The molecule has 20 heavy (non-hydrogen) atoms. The van der Waals surface area contributed by atoms with Crippen molar-refractivity contribution in [3.8, 4) is 11.5 Å². The van der Waals surface area contributed by atoms with Gasteiger partial charge >= 0.3 is 0 Å². The maximum atomic E-state index is 13.5. The molecular weight excluding hydrogens is 327 g/mol. The van der Waals surface area contributed by atoms with E-state index in [1.54, 1.807) is 12.1 Å². The Labute approximate surface area is 123 Å². The molecule has 0 saturated heterocycles. The summed E-state index contributed by atoms with van der Waals surface area (Å²) in [6.07, 6.45) is 1.32. The average molecular weight is 337 g/mol. The van der Waals surface area contributed by atoms with Crippen molar-refractivity contribution in [2.45, 2.75) is 0 Å². The second kappa shape index (κ2) is 5.88. The van der Waals surface area contributed by atoms with Crippen LogP contribution in [0.1, 0.15) is 15.9 Å². The number of benzene rings is 2. The number of ketones is 1. The highest BCUT2D eigenvalue weighted by atomic mass is 79.9.